The zero-order chi connectivity index (χ0) is 24.2. The molecule has 1 aliphatic carbocycles. The molecule has 1 aromatic carbocycles. The van der Waals surface area contributed by atoms with Crippen molar-refractivity contribution < 1.29 is 19.1 Å². The molecule has 0 N–H and O–H groups in total. The van der Waals surface area contributed by atoms with Crippen LogP contribution in [0.1, 0.15) is 72.8 Å². The van der Waals surface area contributed by atoms with Crippen molar-refractivity contribution in [1.29, 1.82) is 0 Å². The van der Waals surface area contributed by atoms with Crippen LogP contribution in [0, 0.1) is 12.8 Å². The number of hydrogen-bond donors (Lipinski definition) is 0. The number of ether oxygens (including phenoxy) is 2. The highest BCUT2D eigenvalue weighted by molar-refractivity contribution is 5.75. The Morgan fingerprint density at radius 1 is 0.935 bits per heavy atom. The molecule has 0 aliphatic heterocycles. The number of carbonyl (C=O) groups excluding carboxylic acids is 2. The number of hydrogen-bond acceptors (Lipinski definition) is 4. The molecule has 4 heteroatoms. The van der Waals surface area contributed by atoms with E-state index in [1.807, 2.05) is 91.7 Å². The molecule has 31 heavy (non-hydrogen) atoms. The van der Waals surface area contributed by atoms with E-state index in [-0.39, 0.29) is 18.0 Å². The topological polar surface area (TPSA) is 52.6 Å². The van der Waals surface area contributed by atoms with Crippen molar-refractivity contribution in [3.05, 3.63) is 66.0 Å². The number of aryl methyl sites for hydroxylation is 1. The largest absolute Gasteiger partial charge is 0.490 e. The number of rotatable bonds is 6. The Morgan fingerprint density at radius 3 is 1.90 bits per heavy atom. The average Bonchev–Trinajstić information content (AvgIpc) is 2.82. The van der Waals surface area contributed by atoms with Gasteiger partial charge in [-0.2, -0.15) is 0 Å². The lowest BCUT2D eigenvalue weighted by Crippen LogP contribution is -2.28. The van der Waals surface area contributed by atoms with Gasteiger partial charge in [-0.1, -0.05) is 63.6 Å². The summed E-state index contributed by atoms with van der Waals surface area (Å²) in [5.41, 5.74) is 2.36. The molecule has 0 unspecified atom stereocenters. The molecule has 2 rings (SSSR count). The minimum Gasteiger partial charge on any atom is -0.490 e. The van der Waals surface area contributed by atoms with Crippen LogP contribution in [0.2, 0.25) is 0 Å². The normalized spacial score (nSPS) is 17.1. The van der Waals surface area contributed by atoms with Gasteiger partial charge < -0.3 is 14.3 Å². The van der Waals surface area contributed by atoms with Crippen LogP contribution in [0.3, 0.4) is 0 Å². The van der Waals surface area contributed by atoms with E-state index in [4.69, 9.17) is 14.3 Å². The van der Waals surface area contributed by atoms with Gasteiger partial charge in [-0.05, 0) is 70.7 Å². The number of carbonyl (C=O) groups is 2. The van der Waals surface area contributed by atoms with E-state index in [2.05, 4.69) is 6.58 Å². The highest BCUT2D eigenvalue weighted by atomic mass is 16.5. The van der Waals surface area contributed by atoms with Gasteiger partial charge in [0.2, 0.25) is 0 Å². The molecule has 0 heterocycles. The van der Waals surface area contributed by atoms with Gasteiger partial charge >= 0.3 is 5.97 Å². The van der Waals surface area contributed by atoms with Gasteiger partial charge in [0.25, 0.3) is 0 Å². The fraction of sp³-hybridized carbons (Fsp3) is 0.481. The third-order valence-corrected chi connectivity index (χ3v) is 4.33. The van der Waals surface area contributed by atoms with Gasteiger partial charge in [-0.3, -0.25) is 4.79 Å². The SMILES string of the molecule is C=C/C(=C\C=C(C)C)OC1CCC(C(=O)Oc2ccc(C)cc2)CC1.C=O.CC.CC. The van der Waals surface area contributed by atoms with Crippen molar-refractivity contribution in [2.45, 2.75) is 80.3 Å². The van der Waals surface area contributed by atoms with Crippen LogP contribution in [0.4, 0.5) is 0 Å². The summed E-state index contributed by atoms with van der Waals surface area (Å²) in [6.07, 6.45) is 9.13. The second-order valence-corrected chi connectivity index (χ2v) is 6.84. The maximum atomic E-state index is 12.3. The molecular weight excluding hydrogens is 388 g/mol. The molecule has 1 aromatic rings. The van der Waals surface area contributed by atoms with Gasteiger partial charge in [0.15, 0.2) is 0 Å². The quantitative estimate of drug-likeness (QED) is 0.204. The zero-order valence-corrected chi connectivity index (χ0v) is 20.6. The minimum atomic E-state index is -0.133. The Balaban J connectivity index is 0. The first-order chi connectivity index (χ1) is 15.0. The Kier molecular flexibility index (Phi) is 19.1. The van der Waals surface area contributed by atoms with E-state index in [9.17, 15) is 4.79 Å². The second-order valence-electron chi connectivity index (χ2n) is 6.84. The second kappa shape index (κ2) is 19.3. The smallest absolute Gasteiger partial charge is 0.314 e. The zero-order valence-electron chi connectivity index (χ0n) is 20.6. The summed E-state index contributed by atoms with van der Waals surface area (Å²) in [6, 6.07) is 7.57. The molecule has 1 fully saturated rings. The predicted octanol–water partition coefficient (Wildman–Crippen LogP) is 7.38. The third-order valence-electron chi connectivity index (χ3n) is 4.33. The summed E-state index contributed by atoms with van der Waals surface area (Å²) in [4.78, 5) is 20.3. The van der Waals surface area contributed by atoms with Gasteiger partial charge in [-0.15, -0.1) is 0 Å². The lowest BCUT2D eigenvalue weighted by Gasteiger charge is -2.28. The number of esters is 1. The minimum absolute atomic E-state index is 0.0462. The fourth-order valence-corrected chi connectivity index (χ4v) is 2.82. The molecular formula is C27H42O4. The first-order valence-electron chi connectivity index (χ1n) is 11.2. The maximum Gasteiger partial charge on any atom is 0.314 e. The van der Waals surface area contributed by atoms with Crippen LogP contribution >= 0.6 is 0 Å². The van der Waals surface area contributed by atoms with Gasteiger partial charge in [0.1, 0.15) is 18.3 Å². The lowest BCUT2D eigenvalue weighted by molar-refractivity contribution is -0.140. The Hall–Kier alpha value is -2.62. The van der Waals surface area contributed by atoms with Crippen molar-refractivity contribution in [1.82, 2.24) is 0 Å². The van der Waals surface area contributed by atoms with Crippen LogP contribution in [0.25, 0.3) is 0 Å². The molecule has 0 amide bonds. The molecule has 0 spiro atoms. The molecule has 1 aliphatic rings. The van der Waals surface area contributed by atoms with Gasteiger partial charge in [0.05, 0.1) is 12.0 Å². The van der Waals surface area contributed by atoms with Crippen LogP contribution in [0.15, 0.2) is 60.4 Å². The number of allylic oxidation sites excluding steroid dienone is 4. The van der Waals surface area contributed by atoms with Crippen molar-refractivity contribution in [3.63, 3.8) is 0 Å². The molecule has 0 radical (unpaired) electrons. The van der Waals surface area contributed by atoms with Crippen LogP contribution < -0.4 is 4.74 Å². The van der Waals surface area contributed by atoms with E-state index in [0.717, 1.165) is 37.0 Å². The Labute approximate surface area is 190 Å². The molecule has 0 atom stereocenters. The molecule has 174 valence electrons. The first-order valence-corrected chi connectivity index (χ1v) is 11.2. The number of benzene rings is 1. The fourth-order valence-electron chi connectivity index (χ4n) is 2.82. The molecule has 1 saturated carbocycles. The highest BCUT2D eigenvalue weighted by Crippen LogP contribution is 2.29. The summed E-state index contributed by atoms with van der Waals surface area (Å²) in [6.45, 7) is 19.9. The summed E-state index contributed by atoms with van der Waals surface area (Å²) in [5, 5.41) is 0. The maximum absolute atomic E-state index is 12.3. The van der Waals surface area contributed by atoms with E-state index in [0.29, 0.717) is 5.75 Å². The molecule has 0 aromatic heterocycles. The van der Waals surface area contributed by atoms with Crippen molar-refractivity contribution in [3.8, 4) is 5.75 Å². The lowest BCUT2D eigenvalue weighted by atomic mass is 9.87. The van der Waals surface area contributed by atoms with E-state index in [1.165, 1.54) is 5.57 Å². The van der Waals surface area contributed by atoms with Crippen LogP contribution in [-0.4, -0.2) is 18.9 Å². The Morgan fingerprint density at radius 2 is 1.45 bits per heavy atom. The van der Waals surface area contributed by atoms with Gasteiger partial charge in [-0.25, -0.2) is 0 Å². The molecule has 0 saturated heterocycles. The third kappa shape index (κ3) is 13.3. The monoisotopic (exact) mass is 430 g/mol. The van der Waals surface area contributed by atoms with Crippen molar-refractivity contribution in [2.75, 3.05) is 0 Å². The van der Waals surface area contributed by atoms with Crippen LogP contribution in [-0.2, 0) is 14.3 Å². The van der Waals surface area contributed by atoms with Crippen molar-refractivity contribution >= 4 is 12.8 Å². The van der Waals surface area contributed by atoms with E-state index < -0.39 is 0 Å². The summed E-state index contributed by atoms with van der Waals surface area (Å²) in [7, 11) is 0. The van der Waals surface area contributed by atoms with E-state index >= 15 is 0 Å². The Bertz CT molecular complexity index is 659. The summed E-state index contributed by atoms with van der Waals surface area (Å²) < 4.78 is 11.5. The molecule has 0 bridgehead atoms. The van der Waals surface area contributed by atoms with Crippen LogP contribution in [0.5, 0.6) is 5.75 Å². The predicted molar refractivity (Wildman–Crippen MR) is 131 cm³/mol. The average molecular weight is 431 g/mol. The van der Waals surface area contributed by atoms with Crippen molar-refractivity contribution in [2.24, 2.45) is 5.92 Å². The first kappa shape index (κ1) is 30.6. The van der Waals surface area contributed by atoms with Gasteiger partial charge in [0, 0.05) is 0 Å². The molecule has 4 nitrogen and oxygen atoms in total. The highest BCUT2D eigenvalue weighted by Gasteiger charge is 2.28. The summed E-state index contributed by atoms with van der Waals surface area (Å²) >= 11 is 0. The summed E-state index contributed by atoms with van der Waals surface area (Å²) in [5.74, 6) is 1.22. The standard InChI is InChI=1S/C22H28O3.2C2H6.CH2O/c1-5-19(11-6-16(2)3)24-20-14-9-18(10-15-20)22(23)25-21-12-7-17(4)8-13-21;3*1-2/h5-8,11-13,18,20H,1,9-10,14-15H2,2-4H3;2*1-2H3;1H2/b19-11+;;;. The van der Waals surface area contributed by atoms with E-state index in [1.54, 1.807) is 6.08 Å².